The Kier molecular flexibility index (Phi) is 7.69. The number of nitrogens with one attached hydrogen (secondary N) is 1. The minimum absolute atomic E-state index is 0.778. The highest BCUT2D eigenvalue weighted by Crippen LogP contribution is 2.36. The van der Waals surface area contributed by atoms with Gasteiger partial charge in [0.25, 0.3) is 0 Å². The molecule has 0 amide bonds. The Labute approximate surface area is 133 Å². The first-order chi connectivity index (χ1) is 10.6. The van der Waals surface area contributed by atoms with Gasteiger partial charge < -0.3 is 4.13 Å². The van der Waals surface area contributed by atoms with Crippen LogP contribution in [0.4, 0.5) is 26.3 Å². The largest absolute Gasteiger partial charge is 0.480 e. The van der Waals surface area contributed by atoms with Crippen LogP contribution in [0.5, 0.6) is 0 Å². The molecule has 0 unspecified atom stereocenters. The molecule has 1 aromatic heterocycles. The van der Waals surface area contributed by atoms with Crippen LogP contribution in [0.15, 0.2) is 18.7 Å². The van der Waals surface area contributed by atoms with Crippen molar-refractivity contribution < 1.29 is 47.7 Å². The van der Waals surface area contributed by atoms with E-state index in [2.05, 4.69) is 22.7 Å². The lowest BCUT2D eigenvalue weighted by atomic mass is 10.3. The number of imidazole rings is 1. The number of aromatic amines is 1. The van der Waals surface area contributed by atoms with Crippen LogP contribution in [0.1, 0.15) is 19.8 Å². The van der Waals surface area contributed by atoms with E-state index < -0.39 is 31.1 Å². The zero-order chi connectivity index (χ0) is 19.2. The highest BCUT2D eigenvalue weighted by Gasteiger charge is 2.46. The highest BCUT2D eigenvalue weighted by molar-refractivity contribution is 8.13. The Morgan fingerprint density at radius 1 is 1.00 bits per heavy atom. The van der Waals surface area contributed by atoms with Crippen molar-refractivity contribution >= 4 is 20.0 Å². The SMILES string of the molecule is CCCC[n+]1cc[nH]c1.O=S(=O)([N-]S(=O)(=O)C(F)(F)F)C(F)(F)F. The molecule has 1 rings (SSSR count). The molecule has 24 heavy (non-hydrogen) atoms. The molecule has 0 saturated carbocycles. The summed E-state index contributed by atoms with van der Waals surface area (Å²) in [6.45, 7) is 3.34. The second-order valence-corrected chi connectivity index (χ2v) is 7.54. The fourth-order valence-corrected chi connectivity index (χ4v) is 2.72. The summed E-state index contributed by atoms with van der Waals surface area (Å²) >= 11 is 0. The van der Waals surface area contributed by atoms with E-state index in [1.165, 1.54) is 12.8 Å². The Morgan fingerprint density at radius 2 is 1.46 bits per heavy atom. The van der Waals surface area contributed by atoms with Crippen molar-refractivity contribution in [2.24, 2.45) is 0 Å². The number of halogens is 6. The number of aryl methyl sites for hydroxylation is 1. The number of rotatable bonds is 5. The van der Waals surface area contributed by atoms with Gasteiger partial charge in [-0.3, -0.25) is 4.98 Å². The lowest BCUT2D eigenvalue weighted by Crippen LogP contribution is -2.30. The normalized spacial score (nSPS) is 13.3. The van der Waals surface area contributed by atoms with Gasteiger partial charge in [0.2, 0.25) is 6.33 Å². The first-order valence-corrected chi connectivity index (χ1v) is 8.90. The van der Waals surface area contributed by atoms with Crippen LogP contribution < -0.4 is 4.57 Å². The third kappa shape index (κ3) is 7.04. The molecule has 1 N–H and O–H groups in total. The minimum Gasteiger partial charge on any atom is -0.421 e. The number of sulfonamides is 2. The predicted octanol–water partition coefficient (Wildman–Crippen LogP) is 2.16. The van der Waals surface area contributed by atoms with Gasteiger partial charge in [-0.05, 0) is 6.42 Å². The number of alkyl halides is 6. The fraction of sp³-hybridized carbons (Fsp3) is 0.667. The third-order valence-electron chi connectivity index (χ3n) is 2.15. The molecule has 0 aliphatic carbocycles. The quantitative estimate of drug-likeness (QED) is 0.599. The van der Waals surface area contributed by atoms with Gasteiger partial charge in [0, 0.05) is 0 Å². The second-order valence-electron chi connectivity index (χ2n) is 4.12. The molecule has 1 heterocycles. The smallest absolute Gasteiger partial charge is 0.421 e. The predicted molar refractivity (Wildman–Crippen MR) is 69.2 cm³/mol. The molecule has 0 aromatic carbocycles. The van der Waals surface area contributed by atoms with E-state index in [4.69, 9.17) is 0 Å². The van der Waals surface area contributed by atoms with Crippen molar-refractivity contribution in [1.29, 1.82) is 0 Å². The molecule has 142 valence electrons. The lowest BCUT2D eigenvalue weighted by molar-refractivity contribution is -0.696. The Hall–Kier alpha value is -1.35. The topological polar surface area (TPSA) is 102 Å². The molecule has 0 aliphatic rings. The van der Waals surface area contributed by atoms with E-state index in [0.29, 0.717) is 0 Å². The molecule has 0 atom stereocenters. The van der Waals surface area contributed by atoms with Crippen molar-refractivity contribution in [2.45, 2.75) is 37.3 Å². The van der Waals surface area contributed by atoms with Crippen LogP contribution in [0.2, 0.25) is 0 Å². The van der Waals surface area contributed by atoms with E-state index in [0.717, 1.165) is 10.7 Å². The van der Waals surface area contributed by atoms with Gasteiger partial charge in [-0.25, -0.2) is 21.4 Å². The van der Waals surface area contributed by atoms with Gasteiger partial charge >= 0.3 is 11.0 Å². The van der Waals surface area contributed by atoms with Gasteiger partial charge in [0.15, 0.2) is 20.0 Å². The number of unbranched alkanes of at least 4 members (excludes halogenated alkanes) is 1. The van der Waals surface area contributed by atoms with E-state index >= 15 is 0 Å². The summed E-state index contributed by atoms with van der Waals surface area (Å²) in [5.74, 6) is 0. The molecule has 0 fully saturated rings. The first kappa shape index (κ1) is 22.6. The maximum absolute atomic E-state index is 11.4. The number of H-pyrrole nitrogens is 1. The molecule has 15 heteroatoms. The Morgan fingerprint density at radius 3 is 1.75 bits per heavy atom. The number of hydrogen-bond acceptors (Lipinski definition) is 4. The van der Waals surface area contributed by atoms with E-state index in [1.807, 2.05) is 12.5 Å². The highest BCUT2D eigenvalue weighted by atomic mass is 32.3. The summed E-state index contributed by atoms with van der Waals surface area (Å²) in [5, 5.41) is 0. The summed E-state index contributed by atoms with van der Waals surface area (Å²) in [6.07, 6.45) is 8.50. The van der Waals surface area contributed by atoms with Gasteiger partial charge in [-0.2, -0.15) is 26.3 Å². The van der Waals surface area contributed by atoms with Crippen LogP contribution in [0.25, 0.3) is 4.13 Å². The first-order valence-electron chi connectivity index (χ1n) is 6.02. The van der Waals surface area contributed by atoms with Crippen molar-refractivity contribution in [3.05, 3.63) is 22.8 Å². The monoisotopic (exact) mass is 405 g/mol. The van der Waals surface area contributed by atoms with Crippen LogP contribution in [0, 0.1) is 0 Å². The molecular formula is C9H13F6N3O4S2. The molecule has 0 bridgehead atoms. The number of nitrogens with zero attached hydrogens (tertiary/aromatic N) is 2. The standard InChI is InChI=1S/C7H12N2.C2F6NO4S2/c1-2-3-5-9-6-4-8-7-9;3-1(4,5)14(10,11)9-15(12,13)2(6,7)8/h4,6-7H,2-3,5H2,1H3;/q;-1/p+1. The van der Waals surface area contributed by atoms with Gasteiger partial charge in [0.05, 0.1) is 6.54 Å². The van der Waals surface area contributed by atoms with Crippen molar-refractivity contribution in [2.75, 3.05) is 0 Å². The van der Waals surface area contributed by atoms with E-state index in [1.54, 1.807) is 0 Å². The summed E-state index contributed by atoms with van der Waals surface area (Å²) in [6, 6.07) is 0. The molecular weight excluding hydrogens is 392 g/mol. The van der Waals surface area contributed by atoms with Crippen molar-refractivity contribution in [1.82, 2.24) is 4.98 Å². The molecule has 0 aliphatic heterocycles. The average molecular weight is 405 g/mol. The maximum atomic E-state index is 11.4. The van der Waals surface area contributed by atoms with Crippen molar-refractivity contribution in [3.63, 3.8) is 0 Å². The Balaban J connectivity index is 0.000000496. The number of hydrogen-bond donors (Lipinski definition) is 1. The Bertz CT molecular complexity index is 653. The van der Waals surface area contributed by atoms with Gasteiger partial charge in [0.1, 0.15) is 12.4 Å². The molecule has 1 aromatic rings. The van der Waals surface area contributed by atoms with E-state index in [-0.39, 0.29) is 0 Å². The van der Waals surface area contributed by atoms with E-state index in [9.17, 15) is 43.2 Å². The molecule has 7 nitrogen and oxygen atoms in total. The van der Waals surface area contributed by atoms with Crippen LogP contribution in [-0.4, -0.2) is 32.8 Å². The van der Waals surface area contributed by atoms with Gasteiger partial charge in [-0.15, -0.1) is 0 Å². The summed E-state index contributed by atoms with van der Waals surface area (Å²) in [7, 11) is -13.4. The average Bonchev–Trinajstić information content (AvgIpc) is 2.86. The van der Waals surface area contributed by atoms with Crippen LogP contribution in [-0.2, 0) is 26.6 Å². The summed E-state index contributed by atoms with van der Waals surface area (Å²) < 4.78 is 111. The zero-order valence-corrected chi connectivity index (χ0v) is 13.6. The molecule has 0 radical (unpaired) electrons. The molecule has 0 saturated heterocycles. The second kappa shape index (κ2) is 8.15. The number of aromatic nitrogens is 2. The minimum atomic E-state index is -6.72. The maximum Gasteiger partial charge on any atom is 0.480 e. The summed E-state index contributed by atoms with van der Waals surface area (Å²) in [5.41, 5.74) is -12.4. The zero-order valence-electron chi connectivity index (χ0n) is 12.0. The third-order valence-corrected chi connectivity index (χ3v) is 4.89. The van der Waals surface area contributed by atoms with Gasteiger partial charge in [-0.1, -0.05) is 13.3 Å². The van der Waals surface area contributed by atoms with Crippen LogP contribution in [0.3, 0.4) is 0 Å². The lowest BCUT2D eigenvalue weighted by Gasteiger charge is -2.22. The van der Waals surface area contributed by atoms with Crippen LogP contribution >= 0.6 is 0 Å². The summed E-state index contributed by atoms with van der Waals surface area (Å²) in [4.78, 5) is 3.00. The fourth-order valence-electron chi connectivity index (χ4n) is 1.01. The van der Waals surface area contributed by atoms with Crippen molar-refractivity contribution in [3.8, 4) is 0 Å². The molecule has 0 spiro atoms.